The van der Waals surface area contributed by atoms with Crippen LogP contribution in [-0.4, -0.2) is 19.1 Å². The van der Waals surface area contributed by atoms with E-state index in [9.17, 15) is 0 Å². The molecule has 0 aliphatic carbocycles. The summed E-state index contributed by atoms with van der Waals surface area (Å²) in [5.41, 5.74) is 14.3. The van der Waals surface area contributed by atoms with Crippen LogP contribution in [0, 0.1) is 0 Å². The minimum absolute atomic E-state index is 1.01. The Morgan fingerprint density at radius 3 is 1.65 bits per heavy atom. The molecular weight excluding hydrogens is 695 g/mol. The summed E-state index contributed by atoms with van der Waals surface area (Å²) in [6.07, 6.45) is 7.56. The van der Waals surface area contributed by atoms with Crippen LogP contribution in [0.15, 0.2) is 213 Å². The second-order valence-corrected chi connectivity index (χ2v) is 14.3. The molecule has 5 nitrogen and oxygen atoms in total. The summed E-state index contributed by atoms with van der Waals surface area (Å²) in [7, 11) is 0. The number of hydrogen-bond donors (Lipinski definition) is 0. The zero-order valence-electron chi connectivity index (χ0n) is 30.9. The van der Waals surface area contributed by atoms with Crippen LogP contribution in [0.5, 0.6) is 0 Å². The van der Waals surface area contributed by atoms with Gasteiger partial charge >= 0.3 is 0 Å². The second-order valence-electron chi connectivity index (χ2n) is 14.3. The molecule has 11 aromatic rings. The quantitative estimate of drug-likeness (QED) is 0.164. The first-order chi connectivity index (χ1) is 28.3. The maximum absolute atomic E-state index is 4.59. The van der Waals surface area contributed by atoms with Crippen molar-refractivity contribution < 1.29 is 0 Å². The minimum Gasteiger partial charge on any atom is -0.308 e. The lowest BCUT2D eigenvalue weighted by atomic mass is 9.98. The first kappa shape index (κ1) is 32.7. The fourth-order valence-corrected chi connectivity index (χ4v) is 8.54. The molecule has 5 heteroatoms. The molecule has 0 saturated carbocycles. The summed E-state index contributed by atoms with van der Waals surface area (Å²) >= 11 is 0. The van der Waals surface area contributed by atoms with Crippen molar-refractivity contribution in [2.75, 3.05) is 4.90 Å². The molecule has 4 heterocycles. The number of rotatable bonds is 7. The van der Waals surface area contributed by atoms with E-state index < -0.39 is 0 Å². The number of pyridine rings is 2. The Hall–Kier alpha value is -7.76. The van der Waals surface area contributed by atoms with E-state index in [0.717, 1.165) is 72.6 Å². The smallest absolute Gasteiger partial charge is 0.0783 e. The van der Waals surface area contributed by atoms with E-state index in [1.165, 1.54) is 21.7 Å². The summed E-state index contributed by atoms with van der Waals surface area (Å²) in [5.74, 6) is 0. The van der Waals surface area contributed by atoms with Gasteiger partial charge in [0.05, 0.1) is 51.5 Å². The highest BCUT2D eigenvalue weighted by atomic mass is 15.2. The van der Waals surface area contributed by atoms with E-state index in [1.807, 2.05) is 36.9 Å². The molecule has 57 heavy (non-hydrogen) atoms. The van der Waals surface area contributed by atoms with Crippen LogP contribution >= 0.6 is 0 Å². The van der Waals surface area contributed by atoms with Crippen LogP contribution in [0.1, 0.15) is 0 Å². The Balaban J connectivity index is 1.24. The lowest BCUT2D eigenvalue weighted by Crippen LogP contribution is -2.12. The van der Waals surface area contributed by atoms with Gasteiger partial charge in [-0.25, -0.2) is 0 Å². The normalized spacial score (nSPS) is 11.5. The van der Waals surface area contributed by atoms with Crippen LogP contribution in [0.3, 0.4) is 0 Å². The number of nitrogens with zero attached hydrogens (tertiary/aromatic N) is 5. The maximum Gasteiger partial charge on any atom is 0.0783 e. The molecule has 0 N–H and O–H groups in total. The van der Waals surface area contributed by atoms with Crippen LogP contribution in [0.4, 0.5) is 17.1 Å². The zero-order valence-corrected chi connectivity index (χ0v) is 30.9. The van der Waals surface area contributed by atoms with Gasteiger partial charge in [0, 0.05) is 45.3 Å². The molecule has 0 unspecified atom stereocenters. The molecule has 11 rings (SSSR count). The predicted octanol–water partition coefficient (Wildman–Crippen LogP) is 13.5. The third-order valence-corrected chi connectivity index (χ3v) is 11.0. The van der Waals surface area contributed by atoms with Gasteiger partial charge in [0.2, 0.25) is 0 Å². The molecule has 0 fully saturated rings. The lowest BCUT2D eigenvalue weighted by Gasteiger charge is -2.28. The van der Waals surface area contributed by atoms with Gasteiger partial charge in [0.25, 0.3) is 0 Å². The zero-order chi connectivity index (χ0) is 37.7. The summed E-state index contributed by atoms with van der Waals surface area (Å²) in [4.78, 5) is 11.5. The van der Waals surface area contributed by atoms with E-state index >= 15 is 0 Å². The molecule has 0 spiro atoms. The number of fused-ring (bicyclic) bond motifs is 6. The van der Waals surface area contributed by atoms with Gasteiger partial charge < -0.3 is 14.0 Å². The Kier molecular flexibility index (Phi) is 7.74. The van der Waals surface area contributed by atoms with Crippen LogP contribution in [0.2, 0.25) is 0 Å². The highest BCUT2D eigenvalue weighted by molar-refractivity contribution is 6.16. The number of benzene rings is 7. The number of para-hydroxylation sites is 3. The monoisotopic (exact) mass is 729 g/mol. The summed E-state index contributed by atoms with van der Waals surface area (Å²) < 4.78 is 4.71. The predicted molar refractivity (Wildman–Crippen MR) is 236 cm³/mol. The largest absolute Gasteiger partial charge is 0.308 e. The number of hydrogen-bond acceptors (Lipinski definition) is 3. The third-order valence-electron chi connectivity index (χ3n) is 11.0. The van der Waals surface area contributed by atoms with Gasteiger partial charge in [-0.15, -0.1) is 0 Å². The lowest BCUT2D eigenvalue weighted by molar-refractivity contribution is 1.13. The van der Waals surface area contributed by atoms with E-state index in [1.54, 1.807) is 0 Å². The molecule has 268 valence electrons. The fraction of sp³-hybridized carbons (Fsp3) is 0. The SMILES string of the molecule is c1ccc(-c2cccc(N(c3ccccc3)c3cc(-c4ccc5c6ccccc6n(-c6cccnc6)c5c4)cc4c5ccccc5n(-c5cccnc5)c34)c2)cc1. The van der Waals surface area contributed by atoms with Gasteiger partial charge in [-0.2, -0.15) is 0 Å². The molecule has 0 amide bonds. The molecule has 0 saturated heterocycles. The highest BCUT2D eigenvalue weighted by Crippen LogP contribution is 2.46. The first-order valence-electron chi connectivity index (χ1n) is 19.2. The van der Waals surface area contributed by atoms with Crippen molar-refractivity contribution in [1.82, 2.24) is 19.1 Å². The summed E-state index contributed by atoms with van der Waals surface area (Å²) in [6.45, 7) is 0. The number of aromatic nitrogens is 4. The number of anilines is 3. The van der Waals surface area contributed by atoms with E-state index in [-0.39, 0.29) is 0 Å². The minimum atomic E-state index is 1.01. The van der Waals surface area contributed by atoms with E-state index in [4.69, 9.17) is 0 Å². The molecule has 0 atom stereocenters. The van der Waals surface area contributed by atoms with Crippen LogP contribution in [0.25, 0.3) is 77.2 Å². The first-order valence-corrected chi connectivity index (χ1v) is 19.2. The molecule has 4 aromatic heterocycles. The summed E-state index contributed by atoms with van der Waals surface area (Å²) in [5, 5.41) is 4.76. The van der Waals surface area contributed by atoms with Crippen molar-refractivity contribution >= 4 is 60.7 Å². The van der Waals surface area contributed by atoms with E-state index in [0.29, 0.717) is 0 Å². The standard InChI is InChI=1S/C52H35N5/c1-3-14-36(15-4-1)37-16-11-19-41(30-37)55(40-17-5-2-6-18-40)51-33-39(31-47-45-23-8-10-25-49(45)57(52(47)51)43-21-13-29-54-35-43)38-26-27-46-44-22-7-9-24-48(44)56(50(46)32-38)42-20-12-28-53-34-42/h1-35H. The van der Waals surface area contributed by atoms with Crippen molar-refractivity contribution in [3.63, 3.8) is 0 Å². The van der Waals surface area contributed by atoms with Gasteiger partial charge in [-0.05, 0) is 101 Å². The van der Waals surface area contributed by atoms with Crippen molar-refractivity contribution in [3.8, 4) is 33.6 Å². The van der Waals surface area contributed by atoms with Crippen LogP contribution < -0.4 is 4.90 Å². The highest BCUT2D eigenvalue weighted by Gasteiger charge is 2.24. The fourth-order valence-electron chi connectivity index (χ4n) is 8.54. The van der Waals surface area contributed by atoms with E-state index in [2.05, 4.69) is 200 Å². The topological polar surface area (TPSA) is 38.9 Å². The van der Waals surface area contributed by atoms with Gasteiger partial charge in [-0.3, -0.25) is 9.97 Å². The molecular formula is C52H35N5. The second kappa shape index (κ2) is 13.5. The Bertz CT molecular complexity index is 3220. The maximum atomic E-state index is 4.59. The van der Waals surface area contributed by atoms with Crippen molar-refractivity contribution in [2.45, 2.75) is 0 Å². The average Bonchev–Trinajstić information content (AvgIpc) is 3.80. The van der Waals surface area contributed by atoms with Gasteiger partial charge in [-0.1, -0.05) is 109 Å². The molecule has 0 bridgehead atoms. The van der Waals surface area contributed by atoms with Crippen molar-refractivity contribution in [3.05, 3.63) is 213 Å². The van der Waals surface area contributed by atoms with Crippen LogP contribution in [-0.2, 0) is 0 Å². The molecule has 0 radical (unpaired) electrons. The van der Waals surface area contributed by atoms with Gasteiger partial charge in [0.15, 0.2) is 0 Å². The Morgan fingerprint density at radius 2 is 0.930 bits per heavy atom. The van der Waals surface area contributed by atoms with Crippen molar-refractivity contribution in [1.29, 1.82) is 0 Å². The molecule has 0 aliphatic rings. The van der Waals surface area contributed by atoms with Crippen molar-refractivity contribution in [2.24, 2.45) is 0 Å². The van der Waals surface area contributed by atoms with Gasteiger partial charge in [0.1, 0.15) is 0 Å². The average molecular weight is 730 g/mol. The molecule has 0 aliphatic heterocycles. The third kappa shape index (κ3) is 5.48. The Morgan fingerprint density at radius 1 is 0.351 bits per heavy atom. The summed E-state index contributed by atoms with van der Waals surface area (Å²) in [6, 6.07) is 67.5. The Labute approximate surface area is 330 Å². The molecule has 7 aromatic carbocycles.